The van der Waals surface area contributed by atoms with Crippen LogP contribution in [0.5, 0.6) is 5.75 Å². The third-order valence-corrected chi connectivity index (χ3v) is 6.07. The highest BCUT2D eigenvalue weighted by Gasteiger charge is 2.17. The maximum atomic E-state index is 12.5. The summed E-state index contributed by atoms with van der Waals surface area (Å²) in [6, 6.07) is 8.03. The predicted octanol–water partition coefficient (Wildman–Crippen LogP) is 2.12. The number of aryl methyl sites for hydroxylation is 1. The minimum absolute atomic E-state index is 0.0264. The van der Waals surface area contributed by atoms with Crippen LogP contribution in [0.25, 0.3) is 0 Å². The van der Waals surface area contributed by atoms with E-state index in [4.69, 9.17) is 0 Å². The van der Waals surface area contributed by atoms with E-state index in [2.05, 4.69) is 10.0 Å². The van der Waals surface area contributed by atoms with Crippen molar-refractivity contribution in [2.24, 2.45) is 0 Å². The van der Waals surface area contributed by atoms with E-state index in [-0.39, 0.29) is 33.3 Å². The van der Waals surface area contributed by atoms with Crippen LogP contribution in [0.15, 0.2) is 41.3 Å². The smallest absolute Gasteiger partial charge is 0.255 e. The van der Waals surface area contributed by atoms with Gasteiger partial charge < -0.3 is 10.4 Å². The Bertz CT molecular complexity index is 1090. The molecule has 2 aromatic carbocycles. The van der Waals surface area contributed by atoms with Crippen molar-refractivity contribution < 1.29 is 26.7 Å². The highest BCUT2D eigenvalue weighted by atomic mass is 32.2. The van der Waals surface area contributed by atoms with Gasteiger partial charge in [0.25, 0.3) is 5.91 Å². The number of phenolic OH excluding ortho intramolecular Hbond substituents is 1. The van der Waals surface area contributed by atoms with Gasteiger partial charge in [0.2, 0.25) is 10.0 Å². The van der Waals surface area contributed by atoms with Crippen LogP contribution in [0.4, 0.5) is 11.4 Å². The van der Waals surface area contributed by atoms with Crippen molar-refractivity contribution in [1.29, 1.82) is 0 Å². The number of carbonyl (C=O) groups is 1. The highest BCUT2D eigenvalue weighted by Crippen LogP contribution is 2.28. The van der Waals surface area contributed by atoms with E-state index < -0.39 is 25.8 Å². The second kappa shape index (κ2) is 7.57. The number of phenols is 1. The van der Waals surface area contributed by atoms with Crippen LogP contribution in [0.1, 0.15) is 22.8 Å². The lowest BCUT2D eigenvalue weighted by Crippen LogP contribution is -2.15. The summed E-state index contributed by atoms with van der Waals surface area (Å²) >= 11 is 0. The second-order valence-electron chi connectivity index (χ2n) is 5.94. The molecular weight excluding hydrogens is 392 g/mol. The molecule has 0 heterocycles. The maximum Gasteiger partial charge on any atom is 0.255 e. The summed E-state index contributed by atoms with van der Waals surface area (Å²) in [7, 11) is -7.03. The second-order valence-corrected chi connectivity index (χ2v) is 9.97. The van der Waals surface area contributed by atoms with Crippen LogP contribution in [0.2, 0.25) is 0 Å². The summed E-state index contributed by atoms with van der Waals surface area (Å²) in [5.41, 5.74) is 0.940. The summed E-state index contributed by atoms with van der Waals surface area (Å²) in [4.78, 5) is 12.5. The maximum absolute atomic E-state index is 12.5. The Morgan fingerprint density at radius 3 is 2.30 bits per heavy atom. The molecule has 0 aliphatic heterocycles. The molecule has 0 radical (unpaired) electrons. The highest BCUT2D eigenvalue weighted by molar-refractivity contribution is 7.92. The Kier molecular flexibility index (Phi) is 5.81. The van der Waals surface area contributed by atoms with Gasteiger partial charge in [-0.05, 0) is 42.8 Å². The van der Waals surface area contributed by atoms with Crippen molar-refractivity contribution in [3.8, 4) is 5.75 Å². The average molecular weight is 412 g/mol. The topological polar surface area (TPSA) is 130 Å². The van der Waals surface area contributed by atoms with Crippen LogP contribution >= 0.6 is 0 Å². The fourth-order valence-electron chi connectivity index (χ4n) is 2.24. The molecule has 1 amide bonds. The molecule has 27 heavy (non-hydrogen) atoms. The standard InChI is InChI=1S/C17H20N2O6S2/c1-4-27(24,25)13-7-8-16(20)15(10-13)18-17(21)12-6-5-11(2)14(9-12)19-26(3,22)23/h5-10,19-20H,4H2,1-3H3,(H,18,21). The first kappa shape index (κ1) is 20.7. The van der Waals surface area contributed by atoms with E-state index in [0.29, 0.717) is 5.56 Å². The summed E-state index contributed by atoms with van der Waals surface area (Å²) in [5, 5.41) is 12.4. The van der Waals surface area contributed by atoms with Gasteiger partial charge in [-0.25, -0.2) is 16.8 Å². The molecular formula is C17H20N2O6S2. The van der Waals surface area contributed by atoms with Crippen LogP contribution in [0.3, 0.4) is 0 Å². The zero-order valence-electron chi connectivity index (χ0n) is 15.0. The average Bonchev–Trinajstić information content (AvgIpc) is 2.57. The van der Waals surface area contributed by atoms with Gasteiger partial charge in [0.05, 0.1) is 28.3 Å². The van der Waals surface area contributed by atoms with Crippen LogP contribution in [-0.4, -0.2) is 39.9 Å². The van der Waals surface area contributed by atoms with Gasteiger partial charge in [0, 0.05) is 5.56 Å². The molecule has 0 aromatic heterocycles. The Hall–Kier alpha value is -2.59. The van der Waals surface area contributed by atoms with Crippen LogP contribution in [0, 0.1) is 6.92 Å². The van der Waals surface area contributed by atoms with Crippen molar-refractivity contribution in [3.63, 3.8) is 0 Å². The fourth-order valence-corrected chi connectivity index (χ4v) is 3.77. The van der Waals surface area contributed by atoms with E-state index in [1.807, 2.05) is 0 Å². The van der Waals surface area contributed by atoms with Gasteiger partial charge in [-0.3, -0.25) is 9.52 Å². The number of hydrogen-bond acceptors (Lipinski definition) is 6. The number of anilines is 2. The van der Waals surface area contributed by atoms with Crippen molar-refractivity contribution >= 4 is 37.1 Å². The molecule has 0 spiro atoms. The summed E-state index contributed by atoms with van der Waals surface area (Å²) in [6.07, 6.45) is 0.997. The SMILES string of the molecule is CCS(=O)(=O)c1ccc(O)c(NC(=O)c2ccc(C)c(NS(C)(=O)=O)c2)c1. The summed E-state index contributed by atoms with van der Waals surface area (Å²) in [5.74, 6) is -1.04. The number of amides is 1. The molecule has 0 aliphatic rings. The normalized spacial score (nSPS) is 11.8. The summed E-state index contributed by atoms with van der Waals surface area (Å²) in [6.45, 7) is 3.17. The number of hydrogen-bond donors (Lipinski definition) is 3. The van der Waals surface area contributed by atoms with Gasteiger partial charge >= 0.3 is 0 Å². The molecule has 10 heteroatoms. The molecule has 0 saturated carbocycles. The molecule has 0 bridgehead atoms. The first-order valence-electron chi connectivity index (χ1n) is 7.88. The molecule has 8 nitrogen and oxygen atoms in total. The lowest BCUT2D eigenvalue weighted by atomic mass is 10.1. The van der Waals surface area contributed by atoms with Gasteiger partial charge in [0.1, 0.15) is 5.75 Å². The van der Waals surface area contributed by atoms with Gasteiger partial charge in [-0.1, -0.05) is 13.0 Å². The number of aromatic hydroxyl groups is 1. The first-order valence-corrected chi connectivity index (χ1v) is 11.4. The number of benzene rings is 2. The van der Waals surface area contributed by atoms with Crippen molar-refractivity contribution in [2.75, 3.05) is 22.0 Å². The number of nitrogens with one attached hydrogen (secondary N) is 2. The fraction of sp³-hybridized carbons (Fsp3) is 0.235. The molecule has 0 aliphatic carbocycles. The van der Waals surface area contributed by atoms with Gasteiger partial charge in [-0.2, -0.15) is 0 Å². The number of sulfonamides is 1. The Morgan fingerprint density at radius 2 is 1.70 bits per heavy atom. The first-order chi connectivity index (χ1) is 12.4. The monoisotopic (exact) mass is 412 g/mol. The molecule has 0 fully saturated rings. The number of rotatable bonds is 6. The predicted molar refractivity (Wildman–Crippen MR) is 103 cm³/mol. The van der Waals surface area contributed by atoms with E-state index in [1.165, 1.54) is 37.3 Å². The Morgan fingerprint density at radius 1 is 1.04 bits per heavy atom. The van der Waals surface area contributed by atoms with E-state index >= 15 is 0 Å². The number of sulfone groups is 1. The van der Waals surface area contributed by atoms with E-state index in [9.17, 15) is 26.7 Å². The largest absolute Gasteiger partial charge is 0.506 e. The molecule has 146 valence electrons. The molecule has 2 rings (SSSR count). The van der Waals surface area contributed by atoms with Gasteiger partial charge in [-0.15, -0.1) is 0 Å². The zero-order chi connectivity index (χ0) is 20.4. The molecule has 2 aromatic rings. The molecule has 0 saturated heterocycles. The van der Waals surface area contributed by atoms with Crippen molar-refractivity contribution in [3.05, 3.63) is 47.5 Å². The quantitative estimate of drug-likeness (QED) is 0.623. The lowest BCUT2D eigenvalue weighted by Gasteiger charge is -2.12. The van der Waals surface area contributed by atoms with Gasteiger partial charge in [0.15, 0.2) is 9.84 Å². The van der Waals surface area contributed by atoms with Crippen LogP contribution < -0.4 is 10.0 Å². The minimum Gasteiger partial charge on any atom is -0.506 e. The third-order valence-electron chi connectivity index (χ3n) is 3.75. The van der Waals surface area contributed by atoms with E-state index in [0.717, 1.165) is 6.26 Å². The Balaban J connectivity index is 2.35. The van der Waals surface area contributed by atoms with E-state index in [1.54, 1.807) is 13.0 Å². The third kappa shape index (κ3) is 5.20. The van der Waals surface area contributed by atoms with Crippen molar-refractivity contribution in [2.45, 2.75) is 18.7 Å². The molecule has 3 N–H and O–H groups in total. The van der Waals surface area contributed by atoms with Crippen molar-refractivity contribution in [1.82, 2.24) is 0 Å². The minimum atomic E-state index is -3.52. The van der Waals surface area contributed by atoms with Crippen LogP contribution in [-0.2, 0) is 19.9 Å². The number of carbonyl (C=O) groups excluding carboxylic acids is 1. The lowest BCUT2D eigenvalue weighted by molar-refractivity contribution is 0.102. The summed E-state index contributed by atoms with van der Waals surface area (Å²) < 4.78 is 49.1. The Labute approximate surface area is 158 Å². The molecule has 0 unspecified atom stereocenters. The molecule has 0 atom stereocenters. The zero-order valence-corrected chi connectivity index (χ0v) is 16.6.